The number of ether oxygens (including phenoxy) is 1. The highest BCUT2D eigenvalue weighted by Gasteiger charge is 2.13. The highest BCUT2D eigenvalue weighted by atomic mass is 79.9. The van der Waals surface area contributed by atoms with Crippen molar-refractivity contribution >= 4 is 15.9 Å². The molecule has 3 heteroatoms. The normalized spacial score (nSPS) is 18.4. The van der Waals surface area contributed by atoms with Crippen LogP contribution < -0.4 is 5.32 Å². The molecule has 19 heavy (non-hydrogen) atoms. The zero-order valence-corrected chi connectivity index (χ0v) is 13.3. The summed E-state index contributed by atoms with van der Waals surface area (Å²) in [5, 5.41) is 3.52. The lowest BCUT2D eigenvalue weighted by Gasteiger charge is -2.23. The van der Waals surface area contributed by atoms with Gasteiger partial charge in [0.25, 0.3) is 0 Å². The molecular weight excluding hydrogens is 302 g/mol. The molecule has 1 aromatic carbocycles. The maximum absolute atomic E-state index is 5.93. The smallest absolute Gasteiger partial charge is 0.0594 e. The van der Waals surface area contributed by atoms with Crippen LogP contribution in [0.15, 0.2) is 28.7 Å². The second-order valence-corrected chi connectivity index (χ2v) is 6.18. The Bertz CT molecular complexity index is 377. The summed E-state index contributed by atoms with van der Waals surface area (Å²) < 4.78 is 7.09. The number of hydrogen-bond acceptors (Lipinski definition) is 2. The van der Waals surface area contributed by atoms with Crippen molar-refractivity contribution < 1.29 is 4.74 Å². The van der Waals surface area contributed by atoms with E-state index < -0.39 is 0 Å². The van der Waals surface area contributed by atoms with Gasteiger partial charge in [-0.3, -0.25) is 0 Å². The Balaban J connectivity index is 1.66. The van der Waals surface area contributed by atoms with E-state index in [0.29, 0.717) is 12.1 Å². The fraction of sp³-hybridized carbons (Fsp3) is 0.625. The fourth-order valence-corrected chi connectivity index (χ4v) is 3.30. The summed E-state index contributed by atoms with van der Waals surface area (Å²) in [7, 11) is 0. The van der Waals surface area contributed by atoms with Crippen LogP contribution in [0.25, 0.3) is 0 Å². The van der Waals surface area contributed by atoms with Gasteiger partial charge in [0.05, 0.1) is 12.7 Å². The van der Waals surface area contributed by atoms with Gasteiger partial charge in [-0.1, -0.05) is 53.4 Å². The van der Waals surface area contributed by atoms with Crippen LogP contribution in [-0.2, 0) is 4.74 Å². The van der Waals surface area contributed by atoms with E-state index in [9.17, 15) is 0 Å². The van der Waals surface area contributed by atoms with Gasteiger partial charge in [-0.05, 0) is 31.4 Å². The molecule has 0 amide bonds. The van der Waals surface area contributed by atoms with E-state index >= 15 is 0 Å². The molecule has 1 aromatic rings. The van der Waals surface area contributed by atoms with Gasteiger partial charge in [0, 0.05) is 17.1 Å². The van der Waals surface area contributed by atoms with E-state index in [1.807, 2.05) is 6.07 Å². The predicted molar refractivity (Wildman–Crippen MR) is 83.4 cm³/mol. The largest absolute Gasteiger partial charge is 0.377 e. The third-order valence-electron chi connectivity index (χ3n) is 3.83. The third kappa shape index (κ3) is 4.90. The lowest BCUT2D eigenvalue weighted by Crippen LogP contribution is -2.26. The van der Waals surface area contributed by atoms with Gasteiger partial charge in [0.1, 0.15) is 0 Å². The minimum absolute atomic E-state index is 0.352. The first-order valence-corrected chi connectivity index (χ1v) is 8.16. The first-order chi connectivity index (χ1) is 9.27. The van der Waals surface area contributed by atoms with Crippen LogP contribution >= 0.6 is 15.9 Å². The monoisotopic (exact) mass is 325 g/mol. The average Bonchev–Trinajstić information content (AvgIpc) is 2.45. The van der Waals surface area contributed by atoms with Crippen LogP contribution in [0.3, 0.4) is 0 Å². The molecule has 106 valence electrons. The third-order valence-corrected chi connectivity index (χ3v) is 4.55. The molecule has 0 heterocycles. The van der Waals surface area contributed by atoms with E-state index in [-0.39, 0.29) is 0 Å². The Morgan fingerprint density at radius 3 is 2.74 bits per heavy atom. The molecule has 0 aromatic heterocycles. The van der Waals surface area contributed by atoms with Crippen LogP contribution in [0, 0.1) is 0 Å². The van der Waals surface area contributed by atoms with Crippen LogP contribution in [0.5, 0.6) is 0 Å². The van der Waals surface area contributed by atoms with Crippen LogP contribution in [0.1, 0.15) is 50.6 Å². The van der Waals surface area contributed by atoms with Crippen molar-refractivity contribution in [2.75, 3.05) is 13.2 Å². The molecule has 0 spiro atoms. The first-order valence-electron chi connectivity index (χ1n) is 7.37. The maximum atomic E-state index is 5.93. The highest BCUT2D eigenvalue weighted by Crippen LogP contribution is 2.23. The molecule has 2 rings (SSSR count). The van der Waals surface area contributed by atoms with E-state index in [1.165, 1.54) is 42.1 Å². The van der Waals surface area contributed by atoms with Gasteiger partial charge in [0.15, 0.2) is 0 Å². The molecular formula is C16H24BrNO. The van der Waals surface area contributed by atoms with E-state index in [2.05, 4.69) is 46.4 Å². The van der Waals surface area contributed by atoms with Crippen molar-refractivity contribution in [1.82, 2.24) is 5.32 Å². The number of rotatable bonds is 6. The summed E-state index contributed by atoms with van der Waals surface area (Å²) in [5.41, 5.74) is 1.31. The van der Waals surface area contributed by atoms with Crippen molar-refractivity contribution in [2.45, 2.75) is 51.2 Å². The SMILES string of the molecule is CC(NCCOC1CCCCC1)c1ccccc1Br. The van der Waals surface area contributed by atoms with Crippen molar-refractivity contribution in [3.63, 3.8) is 0 Å². The summed E-state index contributed by atoms with van der Waals surface area (Å²) in [6.45, 7) is 3.93. The Morgan fingerprint density at radius 2 is 2.00 bits per heavy atom. The van der Waals surface area contributed by atoms with Crippen LogP contribution in [-0.4, -0.2) is 19.3 Å². The van der Waals surface area contributed by atoms with Gasteiger partial charge in [-0.15, -0.1) is 0 Å². The number of halogens is 1. The molecule has 1 fully saturated rings. The van der Waals surface area contributed by atoms with Gasteiger partial charge >= 0.3 is 0 Å². The molecule has 0 radical (unpaired) electrons. The molecule has 0 aliphatic heterocycles. The molecule has 0 bridgehead atoms. The lowest BCUT2D eigenvalue weighted by molar-refractivity contribution is 0.0295. The van der Waals surface area contributed by atoms with Gasteiger partial charge < -0.3 is 10.1 Å². The summed E-state index contributed by atoms with van der Waals surface area (Å²) in [4.78, 5) is 0. The Kier molecular flexibility index (Phi) is 6.35. The lowest BCUT2D eigenvalue weighted by atomic mass is 9.98. The molecule has 1 N–H and O–H groups in total. The Labute approximate surface area is 125 Å². The first kappa shape index (κ1) is 15.0. The zero-order chi connectivity index (χ0) is 13.5. The predicted octanol–water partition coefficient (Wildman–Crippen LogP) is 4.45. The summed E-state index contributed by atoms with van der Waals surface area (Å²) >= 11 is 3.60. The van der Waals surface area contributed by atoms with E-state index in [1.54, 1.807) is 0 Å². The molecule has 1 atom stereocenters. The molecule has 1 aliphatic carbocycles. The second kappa shape index (κ2) is 8.03. The zero-order valence-electron chi connectivity index (χ0n) is 11.7. The molecule has 1 saturated carbocycles. The standard InChI is InChI=1S/C16H24BrNO/c1-13(15-9-5-6-10-16(15)17)18-11-12-19-14-7-3-2-4-8-14/h5-6,9-10,13-14,18H,2-4,7-8,11-12H2,1H3. The van der Waals surface area contributed by atoms with Gasteiger partial charge in [0.2, 0.25) is 0 Å². The van der Waals surface area contributed by atoms with Crippen molar-refractivity contribution in [2.24, 2.45) is 0 Å². The van der Waals surface area contributed by atoms with Gasteiger partial charge in [-0.2, -0.15) is 0 Å². The maximum Gasteiger partial charge on any atom is 0.0594 e. The van der Waals surface area contributed by atoms with Crippen molar-refractivity contribution in [1.29, 1.82) is 0 Å². The topological polar surface area (TPSA) is 21.3 Å². The minimum atomic E-state index is 0.352. The Morgan fingerprint density at radius 1 is 1.26 bits per heavy atom. The summed E-state index contributed by atoms with van der Waals surface area (Å²) in [5.74, 6) is 0. The van der Waals surface area contributed by atoms with Crippen molar-refractivity contribution in [3.05, 3.63) is 34.3 Å². The number of nitrogens with one attached hydrogen (secondary N) is 1. The minimum Gasteiger partial charge on any atom is -0.377 e. The quantitative estimate of drug-likeness (QED) is 0.780. The second-order valence-electron chi connectivity index (χ2n) is 5.33. The average molecular weight is 326 g/mol. The van der Waals surface area contributed by atoms with E-state index in [4.69, 9.17) is 4.74 Å². The highest BCUT2D eigenvalue weighted by molar-refractivity contribution is 9.10. The number of benzene rings is 1. The molecule has 2 nitrogen and oxygen atoms in total. The van der Waals surface area contributed by atoms with Crippen LogP contribution in [0.4, 0.5) is 0 Å². The number of hydrogen-bond donors (Lipinski definition) is 1. The van der Waals surface area contributed by atoms with Crippen LogP contribution in [0.2, 0.25) is 0 Å². The Hall–Kier alpha value is -0.380. The molecule has 1 unspecified atom stereocenters. The molecule has 0 saturated heterocycles. The van der Waals surface area contributed by atoms with Crippen molar-refractivity contribution in [3.8, 4) is 0 Å². The van der Waals surface area contributed by atoms with E-state index in [0.717, 1.165) is 13.2 Å². The summed E-state index contributed by atoms with van der Waals surface area (Å²) in [6, 6.07) is 8.73. The van der Waals surface area contributed by atoms with Gasteiger partial charge in [-0.25, -0.2) is 0 Å². The molecule has 1 aliphatic rings. The fourth-order valence-electron chi connectivity index (χ4n) is 2.67. The summed E-state index contributed by atoms with van der Waals surface area (Å²) in [6.07, 6.45) is 7.07.